The molecule has 1 aromatic rings. The van der Waals surface area contributed by atoms with E-state index in [-0.39, 0.29) is 0 Å². The molecule has 0 saturated carbocycles. The Morgan fingerprint density at radius 3 is 2.70 bits per heavy atom. The lowest BCUT2D eigenvalue weighted by Gasteiger charge is -2.34. The van der Waals surface area contributed by atoms with E-state index in [1.54, 1.807) is 0 Å². The minimum atomic E-state index is 0.560. The van der Waals surface area contributed by atoms with Gasteiger partial charge in [-0.25, -0.2) is 0 Å². The van der Waals surface area contributed by atoms with E-state index >= 15 is 0 Å². The molecule has 0 radical (unpaired) electrons. The number of nitrogens with zero attached hydrogens (tertiary/aromatic N) is 1. The fraction of sp³-hybridized carbons (Fsp3) is 0.667. The molecule has 1 aliphatic rings. The SMILES string of the molecule is Cc1ccccc1C1C(CNC(C)C)CCCCN1C. The number of nitrogens with one attached hydrogen (secondary N) is 1. The average Bonchev–Trinajstić information content (AvgIpc) is 2.59. The molecule has 112 valence electrons. The van der Waals surface area contributed by atoms with E-state index in [9.17, 15) is 0 Å². The molecule has 0 aliphatic carbocycles. The first kappa shape index (κ1) is 15.5. The van der Waals surface area contributed by atoms with Crippen molar-refractivity contribution in [3.8, 4) is 0 Å². The van der Waals surface area contributed by atoms with Crippen LogP contribution in [0.25, 0.3) is 0 Å². The first-order valence-electron chi connectivity index (χ1n) is 8.08. The van der Waals surface area contributed by atoms with Gasteiger partial charge >= 0.3 is 0 Å². The third-order valence-electron chi connectivity index (χ3n) is 4.55. The van der Waals surface area contributed by atoms with Crippen molar-refractivity contribution >= 4 is 0 Å². The van der Waals surface area contributed by atoms with Gasteiger partial charge < -0.3 is 5.32 Å². The van der Waals surface area contributed by atoms with Crippen molar-refractivity contribution < 1.29 is 0 Å². The van der Waals surface area contributed by atoms with Crippen molar-refractivity contribution in [1.82, 2.24) is 10.2 Å². The Morgan fingerprint density at radius 2 is 2.00 bits per heavy atom. The van der Waals surface area contributed by atoms with Gasteiger partial charge in [-0.2, -0.15) is 0 Å². The van der Waals surface area contributed by atoms with Gasteiger partial charge in [0.25, 0.3) is 0 Å². The Hall–Kier alpha value is -0.860. The monoisotopic (exact) mass is 274 g/mol. The van der Waals surface area contributed by atoms with E-state index in [0.29, 0.717) is 18.0 Å². The molecule has 20 heavy (non-hydrogen) atoms. The zero-order valence-corrected chi connectivity index (χ0v) is 13.5. The minimum Gasteiger partial charge on any atom is -0.314 e. The lowest BCUT2D eigenvalue weighted by molar-refractivity contribution is 0.186. The fourth-order valence-corrected chi connectivity index (χ4v) is 3.44. The van der Waals surface area contributed by atoms with Gasteiger partial charge in [0.2, 0.25) is 0 Å². The Morgan fingerprint density at radius 1 is 1.25 bits per heavy atom. The maximum absolute atomic E-state index is 3.66. The van der Waals surface area contributed by atoms with Gasteiger partial charge in [-0.15, -0.1) is 0 Å². The standard InChI is InChI=1S/C18H30N2/c1-14(2)19-13-16-10-7-8-12-20(4)18(16)17-11-6-5-9-15(17)3/h5-6,9,11,14,16,18-19H,7-8,10,12-13H2,1-4H3. The highest BCUT2D eigenvalue weighted by Crippen LogP contribution is 2.35. The van der Waals surface area contributed by atoms with Gasteiger partial charge in [0.05, 0.1) is 0 Å². The van der Waals surface area contributed by atoms with Crippen molar-refractivity contribution in [3.05, 3.63) is 35.4 Å². The molecular formula is C18H30N2. The fourth-order valence-electron chi connectivity index (χ4n) is 3.44. The summed E-state index contributed by atoms with van der Waals surface area (Å²) in [5.41, 5.74) is 2.95. The average molecular weight is 274 g/mol. The number of benzene rings is 1. The smallest absolute Gasteiger partial charge is 0.0387 e. The highest BCUT2D eigenvalue weighted by molar-refractivity contribution is 5.29. The molecule has 2 rings (SSSR count). The third-order valence-corrected chi connectivity index (χ3v) is 4.55. The van der Waals surface area contributed by atoms with Crippen LogP contribution in [-0.2, 0) is 0 Å². The van der Waals surface area contributed by atoms with Crippen molar-refractivity contribution in [2.24, 2.45) is 5.92 Å². The molecule has 1 heterocycles. The second kappa shape index (κ2) is 7.24. The van der Waals surface area contributed by atoms with Gasteiger partial charge in [-0.05, 0) is 50.4 Å². The molecule has 2 unspecified atom stereocenters. The first-order chi connectivity index (χ1) is 9.59. The van der Waals surface area contributed by atoms with Gasteiger partial charge in [-0.1, -0.05) is 44.5 Å². The van der Waals surface area contributed by atoms with E-state index in [0.717, 1.165) is 6.54 Å². The summed E-state index contributed by atoms with van der Waals surface area (Å²) in [5.74, 6) is 0.714. The van der Waals surface area contributed by atoms with Crippen molar-refractivity contribution in [1.29, 1.82) is 0 Å². The number of rotatable bonds is 4. The van der Waals surface area contributed by atoms with Gasteiger partial charge in [-0.3, -0.25) is 4.90 Å². The van der Waals surface area contributed by atoms with E-state index in [4.69, 9.17) is 0 Å². The lowest BCUT2D eigenvalue weighted by atomic mass is 9.87. The van der Waals surface area contributed by atoms with Crippen LogP contribution in [0, 0.1) is 12.8 Å². The number of hydrogen-bond acceptors (Lipinski definition) is 2. The van der Waals surface area contributed by atoms with Gasteiger partial charge in [0, 0.05) is 18.6 Å². The molecule has 1 N–H and O–H groups in total. The summed E-state index contributed by atoms with van der Waals surface area (Å²) in [6, 6.07) is 10.0. The minimum absolute atomic E-state index is 0.560. The molecule has 2 atom stereocenters. The lowest BCUT2D eigenvalue weighted by Crippen LogP contribution is -2.37. The summed E-state index contributed by atoms with van der Waals surface area (Å²) < 4.78 is 0. The summed E-state index contributed by atoms with van der Waals surface area (Å²) in [5, 5.41) is 3.66. The topological polar surface area (TPSA) is 15.3 Å². The number of likely N-dealkylation sites (tertiary alicyclic amines) is 1. The number of hydrogen-bond donors (Lipinski definition) is 1. The highest BCUT2D eigenvalue weighted by atomic mass is 15.1. The molecule has 2 heteroatoms. The molecule has 1 saturated heterocycles. The summed E-state index contributed by atoms with van der Waals surface area (Å²) in [4.78, 5) is 2.57. The molecule has 0 spiro atoms. The van der Waals surface area contributed by atoms with Gasteiger partial charge in [0.1, 0.15) is 0 Å². The Labute approximate surface area is 124 Å². The number of aryl methyl sites for hydroxylation is 1. The Kier molecular flexibility index (Phi) is 5.62. The van der Waals surface area contributed by atoms with Crippen LogP contribution in [0.1, 0.15) is 50.3 Å². The van der Waals surface area contributed by atoms with Crippen LogP contribution >= 0.6 is 0 Å². The largest absolute Gasteiger partial charge is 0.314 e. The van der Waals surface area contributed by atoms with Crippen LogP contribution < -0.4 is 5.32 Å². The summed E-state index contributed by atoms with van der Waals surface area (Å²) in [7, 11) is 2.30. The third kappa shape index (κ3) is 3.83. The summed E-state index contributed by atoms with van der Waals surface area (Å²) in [6.45, 7) is 9.07. The Bertz CT molecular complexity index is 414. The molecule has 1 aromatic carbocycles. The molecule has 0 amide bonds. The van der Waals surface area contributed by atoms with Crippen LogP contribution in [0.15, 0.2) is 24.3 Å². The summed E-state index contributed by atoms with van der Waals surface area (Å²) >= 11 is 0. The molecule has 1 aliphatic heterocycles. The van der Waals surface area contributed by atoms with Crippen molar-refractivity contribution in [2.75, 3.05) is 20.1 Å². The van der Waals surface area contributed by atoms with Gasteiger partial charge in [0.15, 0.2) is 0 Å². The van der Waals surface area contributed by atoms with E-state index in [1.807, 2.05) is 0 Å². The van der Waals surface area contributed by atoms with E-state index in [2.05, 4.69) is 62.3 Å². The second-order valence-corrected chi connectivity index (χ2v) is 6.60. The van der Waals surface area contributed by atoms with Crippen LogP contribution in [-0.4, -0.2) is 31.1 Å². The first-order valence-corrected chi connectivity index (χ1v) is 8.08. The van der Waals surface area contributed by atoms with E-state index in [1.165, 1.54) is 36.9 Å². The zero-order valence-electron chi connectivity index (χ0n) is 13.5. The van der Waals surface area contributed by atoms with Crippen molar-refractivity contribution in [2.45, 2.75) is 52.1 Å². The zero-order chi connectivity index (χ0) is 14.5. The predicted molar refractivity (Wildman–Crippen MR) is 87.0 cm³/mol. The van der Waals surface area contributed by atoms with E-state index < -0.39 is 0 Å². The Balaban J connectivity index is 2.24. The predicted octanol–water partition coefficient (Wildman–Crippen LogP) is 3.77. The van der Waals surface area contributed by atoms with Crippen LogP contribution in [0.5, 0.6) is 0 Å². The second-order valence-electron chi connectivity index (χ2n) is 6.60. The summed E-state index contributed by atoms with van der Waals surface area (Å²) in [6.07, 6.45) is 4.03. The van der Waals surface area contributed by atoms with Crippen LogP contribution in [0.3, 0.4) is 0 Å². The molecule has 2 nitrogen and oxygen atoms in total. The maximum Gasteiger partial charge on any atom is 0.0387 e. The van der Waals surface area contributed by atoms with Crippen molar-refractivity contribution in [3.63, 3.8) is 0 Å². The molecule has 0 bridgehead atoms. The quantitative estimate of drug-likeness (QED) is 0.899. The molecular weight excluding hydrogens is 244 g/mol. The maximum atomic E-state index is 3.66. The molecule has 1 fully saturated rings. The normalized spacial score (nSPS) is 24.9. The van der Waals surface area contributed by atoms with Crippen LogP contribution in [0.4, 0.5) is 0 Å². The highest BCUT2D eigenvalue weighted by Gasteiger charge is 2.29. The van der Waals surface area contributed by atoms with Crippen LogP contribution in [0.2, 0.25) is 0 Å². The molecule has 0 aromatic heterocycles.